The Morgan fingerprint density at radius 1 is 1.13 bits per heavy atom. The van der Waals surface area contributed by atoms with Crippen LogP contribution in [-0.2, 0) is 4.79 Å². The van der Waals surface area contributed by atoms with Crippen molar-refractivity contribution in [1.82, 2.24) is 10.3 Å². The highest BCUT2D eigenvalue weighted by Crippen LogP contribution is 2.23. The predicted octanol–water partition coefficient (Wildman–Crippen LogP) is 4.60. The number of ether oxygens (including phenoxy) is 1. The first kappa shape index (κ1) is 20.7. The van der Waals surface area contributed by atoms with Crippen LogP contribution in [0.3, 0.4) is 0 Å². The Balaban J connectivity index is 1.41. The first-order valence-corrected chi connectivity index (χ1v) is 11.1. The van der Waals surface area contributed by atoms with E-state index in [2.05, 4.69) is 20.6 Å². The van der Waals surface area contributed by atoms with Crippen LogP contribution in [0.25, 0.3) is 6.08 Å². The molecule has 0 saturated carbocycles. The number of amidine groups is 1. The lowest BCUT2D eigenvalue weighted by Crippen LogP contribution is -2.20. The second-order valence-electron chi connectivity index (χ2n) is 6.76. The van der Waals surface area contributed by atoms with Gasteiger partial charge in [-0.15, -0.1) is 11.8 Å². The van der Waals surface area contributed by atoms with E-state index in [1.165, 1.54) is 6.08 Å². The Morgan fingerprint density at radius 2 is 2.00 bits per heavy atom. The van der Waals surface area contributed by atoms with Crippen LogP contribution in [0.2, 0.25) is 0 Å². The lowest BCUT2D eigenvalue weighted by Gasteiger charge is -2.08. The summed E-state index contributed by atoms with van der Waals surface area (Å²) in [4.78, 5) is 22.1. The molecule has 1 aliphatic heterocycles. The summed E-state index contributed by atoms with van der Waals surface area (Å²) in [6, 6.07) is 19.0. The number of carbonyl (C=O) groups excluding carboxylic acids is 1. The molecule has 4 rings (SSSR count). The number of hydrogen-bond acceptors (Lipinski definition) is 6. The Bertz CT molecular complexity index is 1140. The van der Waals surface area contributed by atoms with Crippen molar-refractivity contribution < 1.29 is 9.53 Å². The summed E-state index contributed by atoms with van der Waals surface area (Å²) in [6.45, 7) is 1.58. The fourth-order valence-corrected chi connectivity index (χ4v) is 3.51. The zero-order valence-electron chi connectivity index (χ0n) is 17.0. The number of hydrogen-bond donors (Lipinski definition) is 2. The summed E-state index contributed by atoms with van der Waals surface area (Å²) in [6.07, 6.45) is 6.98. The minimum atomic E-state index is -0.187. The molecule has 3 aromatic rings. The molecule has 0 atom stereocenters. The average molecular weight is 431 g/mol. The largest absolute Gasteiger partial charge is 0.457 e. The first-order chi connectivity index (χ1) is 15.2. The molecule has 1 aliphatic rings. The Morgan fingerprint density at radius 3 is 2.84 bits per heavy atom. The highest BCUT2D eigenvalue weighted by molar-refractivity contribution is 7.98. The van der Waals surface area contributed by atoms with Gasteiger partial charge in [-0.3, -0.25) is 14.8 Å². The van der Waals surface area contributed by atoms with Gasteiger partial charge in [0.15, 0.2) is 0 Å². The number of anilines is 1. The molecule has 0 saturated heterocycles. The van der Waals surface area contributed by atoms with Crippen LogP contribution in [0.15, 0.2) is 82.8 Å². The van der Waals surface area contributed by atoms with Gasteiger partial charge in [0, 0.05) is 35.5 Å². The number of carbonyl (C=O) groups is 1. The number of nitrogens with one attached hydrogen (secondary N) is 2. The molecule has 1 aromatic heterocycles. The van der Waals surface area contributed by atoms with Crippen LogP contribution in [0.4, 0.5) is 5.69 Å². The number of amides is 1. The number of pyridine rings is 1. The van der Waals surface area contributed by atoms with Gasteiger partial charge in [-0.1, -0.05) is 18.2 Å². The third kappa shape index (κ3) is 5.73. The fourth-order valence-electron chi connectivity index (χ4n) is 3.05. The number of aliphatic imine (C=N–C) groups is 1. The van der Waals surface area contributed by atoms with E-state index < -0.39 is 0 Å². The van der Waals surface area contributed by atoms with Crippen molar-refractivity contribution in [2.24, 2.45) is 4.99 Å². The van der Waals surface area contributed by atoms with E-state index >= 15 is 0 Å². The van der Waals surface area contributed by atoms with Gasteiger partial charge < -0.3 is 15.4 Å². The monoisotopic (exact) mass is 430 g/mol. The first-order valence-electron chi connectivity index (χ1n) is 9.85. The third-order valence-electron chi connectivity index (χ3n) is 4.51. The normalized spacial score (nSPS) is 13.0. The SMILES string of the molecule is CSc1cccc(NC(=O)/C=C/c2cccc(Oc3ccnc(C4=NCCN4)c3)c2)c1. The molecule has 2 N–H and O–H groups in total. The van der Waals surface area contributed by atoms with E-state index in [1.54, 1.807) is 30.1 Å². The minimum absolute atomic E-state index is 0.187. The van der Waals surface area contributed by atoms with Gasteiger partial charge in [0.2, 0.25) is 5.91 Å². The van der Waals surface area contributed by atoms with Crippen molar-refractivity contribution in [2.45, 2.75) is 4.90 Å². The average Bonchev–Trinajstić information content (AvgIpc) is 3.33. The zero-order chi connectivity index (χ0) is 21.5. The second kappa shape index (κ2) is 9.95. The fraction of sp³-hybridized carbons (Fsp3) is 0.125. The molecule has 31 heavy (non-hydrogen) atoms. The standard InChI is InChI=1S/C24H22N4O2S/c1-31-21-7-3-5-18(15-21)28-23(29)9-8-17-4-2-6-19(14-17)30-20-10-11-25-22(16-20)24-26-12-13-27-24/h2-11,14-16H,12-13H2,1H3,(H,26,27)(H,28,29)/b9-8+. The van der Waals surface area contributed by atoms with Crippen LogP contribution in [-0.4, -0.2) is 36.1 Å². The molecular weight excluding hydrogens is 408 g/mol. The van der Waals surface area contributed by atoms with Crippen molar-refractivity contribution >= 4 is 35.3 Å². The molecule has 0 radical (unpaired) electrons. The summed E-state index contributed by atoms with van der Waals surface area (Å²) in [5, 5.41) is 6.09. The number of thioether (sulfide) groups is 1. The van der Waals surface area contributed by atoms with E-state index in [0.29, 0.717) is 11.5 Å². The number of rotatable bonds is 7. The lowest BCUT2D eigenvalue weighted by molar-refractivity contribution is -0.111. The van der Waals surface area contributed by atoms with E-state index in [9.17, 15) is 4.79 Å². The van der Waals surface area contributed by atoms with E-state index in [4.69, 9.17) is 4.74 Å². The van der Waals surface area contributed by atoms with Gasteiger partial charge in [0.1, 0.15) is 23.0 Å². The molecule has 7 heteroatoms. The lowest BCUT2D eigenvalue weighted by atomic mass is 10.2. The number of nitrogens with zero attached hydrogens (tertiary/aromatic N) is 2. The van der Waals surface area contributed by atoms with Crippen LogP contribution in [0.5, 0.6) is 11.5 Å². The quantitative estimate of drug-likeness (QED) is 0.423. The summed E-state index contributed by atoms with van der Waals surface area (Å²) in [7, 11) is 0. The predicted molar refractivity (Wildman–Crippen MR) is 126 cm³/mol. The molecule has 1 amide bonds. The molecule has 0 bridgehead atoms. The van der Waals surface area contributed by atoms with Crippen molar-refractivity contribution in [3.8, 4) is 11.5 Å². The zero-order valence-corrected chi connectivity index (χ0v) is 17.9. The Labute approximate surface area is 185 Å². The molecule has 2 aromatic carbocycles. The van der Waals surface area contributed by atoms with E-state index in [1.807, 2.05) is 60.9 Å². The van der Waals surface area contributed by atoms with E-state index in [-0.39, 0.29) is 5.91 Å². The molecule has 0 aliphatic carbocycles. The molecule has 0 unspecified atom stereocenters. The van der Waals surface area contributed by atoms with Gasteiger partial charge in [0.05, 0.1) is 6.54 Å². The molecule has 6 nitrogen and oxygen atoms in total. The number of aromatic nitrogens is 1. The van der Waals surface area contributed by atoms with Crippen molar-refractivity contribution in [3.63, 3.8) is 0 Å². The van der Waals surface area contributed by atoms with Crippen LogP contribution in [0.1, 0.15) is 11.3 Å². The van der Waals surface area contributed by atoms with Crippen LogP contribution >= 0.6 is 11.8 Å². The summed E-state index contributed by atoms with van der Waals surface area (Å²) in [5.74, 6) is 1.95. The maximum Gasteiger partial charge on any atom is 0.248 e. The smallest absolute Gasteiger partial charge is 0.248 e. The van der Waals surface area contributed by atoms with Gasteiger partial charge in [0.25, 0.3) is 0 Å². The third-order valence-corrected chi connectivity index (χ3v) is 5.23. The molecule has 0 spiro atoms. The van der Waals surface area contributed by atoms with Crippen LogP contribution < -0.4 is 15.4 Å². The van der Waals surface area contributed by atoms with E-state index in [0.717, 1.165) is 40.8 Å². The van der Waals surface area contributed by atoms with Crippen molar-refractivity contribution in [1.29, 1.82) is 0 Å². The summed E-state index contributed by atoms with van der Waals surface area (Å²) < 4.78 is 5.99. The highest BCUT2D eigenvalue weighted by atomic mass is 32.2. The molecule has 156 valence electrons. The van der Waals surface area contributed by atoms with Gasteiger partial charge in [-0.2, -0.15) is 0 Å². The highest BCUT2D eigenvalue weighted by Gasteiger charge is 2.10. The Hall–Kier alpha value is -3.58. The number of benzene rings is 2. The molecule has 0 fully saturated rings. The maximum atomic E-state index is 12.3. The van der Waals surface area contributed by atoms with Gasteiger partial charge in [-0.05, 0) is 54.3 Å². The Kier molecular flexibility index (Phi) is 6.64. The van der Waals surface area contributed by atoms with Crippen LogP contribution in [0, 0.1) is 0 Å². The summed E-state index contributed by atoms with van der Waals surface area (Å²) >= 11 is 1.63. The minimum Gasteiger partial charge on any atom is -0.457 e. The van der Waals surface area contributed by atoms with Gasteiger partial charge >= 0.3 is 0 Å². The van der Waals surface area contributed by atoms with Gasteiger partial charge in [-0.25, -0.2) is 0 Å². The topological polar surface area (TPSA) is 75.6 Å². The second-order valence-corrected chi connectivity index (χ2v) is 7.64. The maximum absolute atomic E-state index is 12.3. The summed E-state index contributed by atoms with van der Waals surface area (Å²) in [5.41, 5.74) is 2.39. The molecular formula is C24H22N4O2S. The van der Waals surface area contributed by atoms with Crippen molar-refractivity contribution in [3.05, 3.63) is 84.2 Å². The van der Waals surface area contributed by atoms with Crippen molar-refractivity contribution in [2.75, 3.05) is 24.7 Å². The molecule has 2 heterocycles.